The van der Waals surface area contributed by atoms with E-state index >= 15 is 0 Å². The second-order valence-corrected chi connectivity index (χ2v) is 8.07. The standard InChI is InChI=1S/C23H23N2O2S.BF4/c1-3-24-14-13-17(18-9-5-6-10-19(18)24)15-22-25(16-23(26)27-4-2)20-11-7-8-12-21(20)28-22;2-1(3,4)5/h5-15H,3-4,16H2,1-2H3;/q+1;-1. The molecule has 0 spiro atoms. The molecular formula is C23H23BF4N2O2S. The quantitative estimate of drug-likeness (QED) is 0.197. The molecule has 1 aliphatic rings. The molecule has 0 atom stereocenters. The zero-order valence-electron chi connectivity index (χ0n) is 18.2. The van der Waals surface area contributed by atoms with Crippen molar-refractivity contribution in [2.75, 3.05) is 18.1 Å². The lowest BCUT2D eigenvalue weighted by molar-refractivity contribution is -0.657. The number of esters is 1. The molecule has 10 heteroatoms. The molecular weight excluding hydrogens is 455 g/mol. The Bertz CT molecular complexity index is 1180. The number of hydrogen-bond donors (Lipinski definition) is 0. The minimum Gasteiger partial charge on any atom is -0.461 e. The molecule has 2 heterocycles. The molecule has 0 bridgehead atoms. The van der Waals surface area contributed by atoms with Gasteiger partial charge in [-0.3, -0.25) is 0 Å². The van der Waals surface area contributed by atoms with Crippen LogP contribution in [0.25, 0.3) is 21.9 Å². The monoisotopic (exact) mass is 478 g/mol. The number of fused-ring (bicyclic) bond motifs is 2. The van der Waals surface area contributed by atoms with E-state index in [0.717, 1.165) is 27.3 Å². The molecule has 0 saturated heterocycles. The van der Waals surface area contributed by atoms with Crippen LogP contribution in [-0.4, -0.2) is 26.4 Å². The summed E-state index contributed by atoms with van der Waals surface area (Å²) in [7, 11) is -6.00. The van der Waals surface area contributed by atoms with E-state index in [1.165, 1.54) is 11.3 Å². The Morgan fingerprint density at radius 2 is 1.76 bits per heavy atom. The Kier molecular flexibility index (Phi) is 7.91. The van der Waals surface area contributed by atoms with E-state index in [2.05, 4.69) is 66.6 Å². The highest BCUT2D eigenvalue weighted by molar-refractivity contribution is 7.18. The van der Waals surface area contributed by atoms with Gasteiger partial charge in [0.15, 0.2) is 0 Å². The van der Waals surface area contributed by atoms with Gasteiger partial charge in [-0.25, -0.2) is 4.79 Å². The third-order valence-corrected chi connectivity index (χ3v) is 5.92. The number of halogens is 4. The number of thiazole rings is 1. The molecule has 174 valence electrons. The summed E-state index contributed by atoms with van der Waals surface area (Å²) in [6, 6.07) is 16.6. The normalized spacial score (nSPS) is 14.1. The molecule has 0 N–H and O–H groups in total. The van der Waals surface area contributed by atoms with Gasteiger partial charge in [-0.2, -0.15) is 4.57 Å². The lowest BCUT2D eigenvalue weighted by Gasteiger charge is -2.26. The second-order valence-electron chi connectivity index (χ2n) is 7.01. The van der Waals surface area contributed by atoms with Gasteiger partial charge in [0.05, 0.1) is 6.61 Å². The fourth-order valence-electron chi connectivity index (χ4n) is 3.50. The average molecular weight is 478 g/mol. The van der Waals surface area contributed by atoms with Gasteiger partial charge in [-0.05, 0) is 37.6 Å². The summed E-state index contributed by atoms with van der Waals surface area (Å²) in [5.74, 6) is -0.215. The van der Waals surface area contributed by atoms with Crippen molar-refractivity contribution in [3.8, 4) is 0 Å². The van der Waals surface area contributed by atoms with E-state index in [9.17, 15) is 22.1 Å². The molecule has 0 radical (unpaired) electrons. The highest BCUT2D eigenvalue weighted by atomic mass is 32.1. The summed E-state index contributed by atoms with van der Waals surface area (Å²) in [6.07, 6.45) is 6.44. The van der Waals surface area contributed by atoms with E-state index in [-0.39, 0.29) is 12.5 Å². The second kappa shape index (κ2) is 10.7. The zero-order chi connectivity index (χ0) is 24.0. The van der Waals surface area contributed by atoms with Crippen molar-refractivity contribution < 1.29 is 31.4 Å². The molecule has 0 saturated carbocycles. The highest BCUT2D eigenvalue weighted by Crippen LogP contribution is 2.34. The number of para-hydroxylation sites is 2. The maximum absolute atomic E-state index is 12.2. The zero-order valence-corrected chi connectivity index (χ0v) is 19.0. The minimum atomic E-state index is -6.00. The van der Waals surface area contributed by atoms with Crippen molar-refractivity contribution in [1.29, 1.82) is 0 Å². The number of ether oxygens (including phenoxy) is 1. The van der Waals surface area contributed by atoms with Crippen LogP contribution in [0.4, 0.5) is 23.0 Å². The van der Waals surface area contributed by atoms with Crippen molar-refractivity contribution >= 4 is 52.1 Å². The number of rotatable bonds is 5. The third kappa shape index (κ3) is 6.44. The van der Waals surface area contributed by atoms with Gasteiger partial charge >= 0.3 is 13.2 Å². The Labute approximate surface area is 193 Å². The van der Waals surface area contributed by atoms with Crippen LogP contribution in [0.15, 0.2) is 60.8 Å². The molecule has 0 fully saturated rings. The van der Waals surface area contributed by atoms with E-state index in [1.54, 1.807) is 11.3 Å². The Morgan fingerprint density at radius 3 is 2.45 bits per heavy atom. The maximum atomic E-state index is 12.2. The predicted octanol–water partition coefficient (Wildman–Crippen LogP) is 5.95. The average Bonchev–Trinajstić information content (AvgIpc) is 3.10. The number of nitrogens with zero attached hydrogens (tertiary/aromatic N) is 2. The Hall–Kier alpha value is -3.14. The van der Waals surface area contributed by atoms with Crippen molar-refractivity contribution in [2.45, 2.75) is 20.4 Å². The molecule has 0 aliphatic carbocycles. The van der Waals surface area contributed by atoms with Gasteiger partial charge in [0, 0.05) is 36.1 Å². The molecule has 1 aliphatic heterocycles. The van der Waals surface area contributed by atoms with Crippen LogP contribution >= 0.6 is 11.3 Å². The highest BCUT2D eigenvalue weighted by Gasteiger charge is 2.24. The number of anilines is 1. The Balaban J connectivity index is 0.000000555. The largest absolute Gasteiger partial charge is 0.673 e. The molecule has 3 aromatic rings. The SMILES string of the molecule is CCOC(=O)C[n+]1c(C=C2C=CN(CC)c3ccccc32)sc2ccccc21.F[B-](F)(F)F. The first-order valence-corrected chi connectivity index (χ1v) is 11.2. The summed E-state index contributed by atoms with van der Waals surface area (Å²) in [5.41, 5.74) is 4.60. The number of carbonyl (C=O) groups is 1. The molecule has 0 amide bonds. The lowest BCUT2D eigenvalue weighted by atomic mass is 10.00. The fraction of sp³-hybridized carbons (Fsp3) is 0.217. The summed E-state index contributed by atoms with van der Waals surface area (Å²) in [6.45, 7) is 5.51. The van der Waals surface area contributed by atoms with E-state index < -0.39 is 7.25 Å². The summed E-state index contributed by atoms with van der Waals surface area (Å²) in [4.78, 5) is 14.4. The van der Waals surface area contributed by atoms with Gasteiger partial charge in [0.25, 0.3) is 5.01 Å². The Morgan fingerprint density at radius 1 is 1.09 bits per heavy atom. The van der Waals surface area contributed by atoms with Crippen LogP contribution < -0.4 is 9.47 Å². The fourth-order valence-corrected chi connectivity index (χ4v) is 4.62. The smallest absolute Gasteiger partial charge is 0.461 e. The van der Waals surface area contributed by atoms with Crippen molar-refractivity contribution in [2.24, 2.45) is 0 Å². The van der Waals surface area contributed by atoms with Gasteiger partial charge in [0.1, 0.15) is 4.70 Å². The molecule has 4 rings (SSSR count). The van der Waals surface area contributed by atoms with Crippen LogP contribution in [0.3, 0.4) is 0 Å². The molecule has 4 nitrogen and oxygen atoms in total. The van der Waals surface area contributed by atoms with Crippen molar-refractivity contribution in [3.63, 3.8) is 0 Å². The first kappa shape index (κ1) is 24.5. The number of allylic oxidation sites excluding steroid dienone is 2. The summed E-state index contributed by atoms with van der Waals surface area (Å²) in [5, 5.41) is 1.04. The van der Waals surface area contributed by atoms with Gasteiger partial charge in [-0.1, -0.05) is 41.7 Å². The van der Waals surface area contributed by atoms with Gasteiger partial charge in [-0.15, -0.1) is 0 Å². The molecule has 33 heavy (non-hydrogen) atoms. The van der Waals surface area contributed by atoms with E-state index in [0.29, 0.717) is 6.61 Å². The molecule has 2 aromatic carbocycles. The number of benzene rings is 2. The van der Waals surface area contributed by atoms with Crippen molar-refractivity contribution in [1.82, 2.24) is 0 Å². The summed E-state index contributed by atoms with van der Waals surface area (Å²) >= 11 is 1.69. The predicted molar refractivity (Wildman–Crippen MR) is 125 cm³/mol. The van der Waals surface area contributed by atoms with Crippen LogP contribution in [0.2, 0.25) is 0 Å². The minimum absolute atomic E-state index is 0.212. The van der Waals surface area contributed by atoms with Crippen LogP contribution in [0.1, 0.15) is 24.4 Å². The lowest BCUT2D eigenvalue weighted by Crippen LogP contribution is -2.40. The van der Waals surface area contributed by atoms with Crippen LogP contribution in [0.5, 0.6) is 0 Å². The number of hydrogen-bond acceptors (Lipinski definition) is 4. The first-order chi connectivity index (χ1) is 15.7. The molecule has 0 unspecified atom stereocenters. The summed E-state index contributed by atoms with van der Waals surface area (Å²) < 4.78 is 47.4. The number of aromatic nitrogens is 1. The van der Waals surface area contributed by atoms with Crippen LogP contribution in [0, 0.1) is 0 Å². The topological polar surface area (TPSA) is 33.4 Å². The third-order valence-electron chi connectivity index (χ3n) is 4.81. The van der Waals surface area contributed by atoms with Crippen LogP contribution in [-0.2, 0) is 16.1 Å². The maximum Gasteiger partial charge on any atom is 0.673 e. The van der Waals surface area contributed by atoms with Gasteiger partial charge < -0.3 is 26.9 Å². The number of carbonyl (C=O) groups excluding carboxylic acids is 1. The molecule has 1 aromatic heterocycles. The first-order valence-electron chi connectivity index (χ1n) is 10.4. The van der Waals surface area contributed by atoms with Crippen molar-refractivity contribution in [3.05, 3.63) is 71.4 Å². The van der Waals surface area contributed by atoms with Gasteiger partial charge in [0.2, 0.25) is 12.1 Å². The van der Waals surface area contributed by atoms with E-state index in [1.807, 2.05) is 23.6 Å². The van der Waals surface area contributed by atoms with E-state index in [4.69, 9.17) is 4.74 Å².